The molecule has 5 rings (SSSR count). The number of thiazole rings is 1. The van der Waals surface area contributed by atoms with Crippen molar-refractivity contribution in [3.05, 3.63) is 57.5 Å². The number of hydrogen-bond acceptors (Lipinski definition) is 7. The molecule has 0 amide bonds. The maximum absolute atomic E-state index is 12.9. The summed E-state index contributed by atoms with van der Waals surface area (Å²) in [6.45, 7) is 8.46. The largest absolute Gasteiger partial charge is 0.351 e. The van der Waals surface area contributed by atoms with Crippen LogP contribution in [0.5, 0.6) is 0 Å². The van der Waals surface area contributed by atoms with E-state index in [0.29, 0.717) is 17.4 Å². The molecular weight excluding hydrogens is 458 g/mol. The van der Waals surface area contributed by atoms with Gasteiger partial charge < -0.3 is 4.90 Å². The fourth-order valence-corrected chi connectivity index (χ4v) is 6.07. The van der Waals surface area contributed by atoms with Crippen molar-refractivity contribution in [1.29, 1.82) is 5.26 Å². The number of hydrogen-bond donors (Lipinski definition) is 0. The van der Waals surface area contributed by atoms with Crippen LogP contribution in [-0.2, 0) is 13.5 Å². The van der Waals surface area contributed by atoms with Gasteiger partial charge in [-0.25, -0.2) is 9.50 Å². The number of anilines is 1. The molecule has 4 aromatic rings. The maximum atomic E-state index is 12.9. The number of fused-ring (bicyclic) bond motifs is 2. The lowest BCUT2D eigenvalue weighted by Gasteiger charge is -2.49. The van der Waals surface area contributed by atoms with E-state index in [2.05, 4.69) is 59.8 Å². The van der Waals surface area contributed by atoms with Gasteiger partial charge in [0.1, 0.15) is 11.5 Å². The van der Waals surface area contributed by atoms with Crippen LogP contribution in [0.25, 0.3) is 15.9 Å². The summed E-state index contributed by atoms with van der Waals surface area (Å²) in [5.74, 6) is 0.816. The third-order valence-corrected chi connectivity index (χ3v) is 8.25. The Kier molecular flexibility index (Phi) is 6.34. The van der Waals surface area contributed by atoms with Gasteiger partial charge in [0.25, 0.3) is 5.56 Å². The number of nitriles is 1. The van der Waals surface area contributed by atoms with Gasteiger partial charge >= 0.3 is 0 Å². The molecule has 3 atom stereocenters. The van der Waals surface area contributed by atoms with Crippen LogP contribution in [0, 0.1) is 11.3 Å². The highest BCUT2D eigenvalue weighted by atomic mass is 32.1. The molecule has 1 fully saturated rings. The zero-order chi connectivity index (χ0) is 24.7. The summed E-state index contributed by atoms with van der Waals surface area (Å²) >= 11 is 1.68. The second-order valence-corrected chi connectivity index (χ2v) is 10.3. The van der Waals surface area contributed by atoms with E-state index in [-0.39, 0.29) is 24.1 Å². The smallest absolute Gasteiger partial charge is 0.255 e. The summed E-state index contributed by atoms with van der Waals surface area (Å²) in [7, 11) is 1.75. The lowest BCUT2D eigenvalue weighted by Crippen LogP contribution is -2.59. The van der Waals surface area contributed by atoms with Crippen LogP contribution >= 0.6 is 11.3 Å². The molecule has 1 aliphatic rings. The Morgan fingerprint density at radius 1 is 1.17 bits per heavy atom. The van der Waals surface area contributed by atoms with Gasteiger partial charge in [-0.05, 0) is 37.5 Å². The summed E-state index contributed by atoms with van der Waals surface area (Å²) in [4.78, 5) is 22.3. The minimum absolute atomic E-state index is 0.0625. The standard InChI is InChI=1S/C26H31N7OS/c1-5-20-15-32(25-13-26(34)30(4)24-12-19(9-10-27)29-33(24)25)21(6-2)14-31(20)17(3)18-7-8-22-23(11-18)35-16-28-22/h7-8,11-13,16-17,20-21H,5-6,9,14-15H2,1-4H3/t17-,20-,21+/m1/s1. The van der Waals surface area contributed by atoms with Crippen LogP contribution in [0.1, 0.15) is 50.9 Å². The fraction of sp³-hybridized carbons (Fsp3) is 0.462. The number of rotatable bonds is 6. The van der Waals surface area contributed by atoms with Gasteiger partial charge in [-0.2, -0.15) is 10.4 Å². The van der Waals surface area contributed by atoms with E-state index in [4.69, 9.17) is 10.4 Å². The predicted molar refractivity (Wildman–Crippen MR) is 140 cm³/mol. The van der Waals surface area contributed by atoms with E-state index in [1.807, 2.05) is 16.1 Å². The molecule has 9 heteroatoms. The maximum Gasteiger partial charge on any atom is 0.255 e. The summed E-state index contributed by atoms with van der Waals surface area (Å²) in [5, 5.41) is 13.9. The van der Waals surface area contributed by atoms with E-state index >= 15 is 0 Å². The van der Waals surface area contributed by atoms with Crippen molar-refractivity contribution >= 4 is 33.0 Å². The van der Waals surface area contributed by atoms with E-state index < -0.39 is 0 Å². The highest BCUT2D eigenvalue weighted by Gasteiger charge is 2.36. The molecule has 0 aliphatic carbocycles. The van der Waals surface area contributed by atoms with Crippen molar-refractivity contribution in [2.24, 2.45) is 7.05 Å². The number of aryl methyl sites for hydroxylation is 1. The molecule has 3 aromatic heterocycles. The fourth-order valence-electron chi connectivity index (χ4n) is 5.34. The predicted octanol–water partition coefficient (Wildman–Crippen LogP) is 4.15. The van der Waals surface area contributed by atoms with Gasteiger partial charge in [0, 0.05) is 50.4 Å². The zero-order valence-corrected chi connectivity index (χ0v) is 21.5. The van der Waals surface area contributed by atoms with E-state index in [1.165, 1.54) is 10.3 Å². The van der Waals surface area contributed by atoms with Gasteiger partial charge in [-0.1, -0.05) is 19.9 Å². The second-order valence-electron chi connectivity index (χ2n) is 9.37. The summed E-state index contributed by atoms with van der Waals surface area (Å²) < 4.78 is 4.67. The van der Waals surface area contributed by atoms with Crippen molar-refractivity contribution in [2.45, 2.75) is 58.2 Å². The monoisotopic (exact) mass is 489 g/mol. The van der Waals surface area contributed by atoms with Crippen molar-refractivity contribution in [3.63, 3.8) is 0 Å². The second kappa shape index (κ2) is 9.44. The zero-order valence-electron chi connectivity index (χ0n) is 20.7. The third-order valence-electron chi connectivity index (χ3n) is 7.46. The Hall–Kier alpha value is -3.22. The first kappa shape index (κ1) is 23.5. The Morgan fingerprint density at radius 2 is 1.97 bits per heavy atom. The van der Waals surface area contributed by atoms with Gasteiger partial charge in [-0.3, -0.25) is 14.3 Å². The first-order valence-corrected chi connectivity index (χ1v) is 13.1. The highest BCUT2D eigenvalue weighted by molar-refractivity contribution is 7.16. The lowest BCUT2D eigenvalue weighted by molar-refractivity contribution is 0.100. The van der Waals surface area contributed by atoms with Crippen LogP contribution in [0.15, 0.2) is 40.6 Å². The lowest BCUT2D eigenvalue weighted by atomic mass is 9.97. The Labute approximate surface area is 209 Å². The Bertz CT molecular complexity index is 1460. The molecule has 1 aliphatic heterocycles. The van der Waals surface area contributed by atoms with Gasteiger partial charge in [0.2, 0.25) is 0 Å². The minimum atomic E-state index is -0.0625. The van der Waals surface area contributed by atoms with Crippen LogP contribution in [0.2, 0.25) is 0 Å². The van der Waals surface area contributed by atoms with Crippen LogP contribution in [0.3, 0.4) is 0 Å². The van der Waals surface area contributed by atoms with E-state index in [9.17, 15) is 4.79 Å². The molecular formula is C26H31N7OS. The first-order valence-electron chi connectivity index (χ1n) is 12.3. The molecule has 0 spiro atoms. The summed E-state index contributed by atoms with van der Waals surface area (Å²) in [5.41, 5.74) is 5.61. The molecule has 1 aromatic carbocycles. The average Bonchev–Trinajstić information content (AvgIpc) is 3.52. The SMILES string of the molecule is CC[C@H]1CN([C@H](C)c2ccc3ncsc3c2)[C@H](CC)CN1c1cc(=O)n(C)c2cc(CC#N)nn12. The van der Waals surface area contributed by atoms with Gasteiger partial charge in [-0.15, -0.1) is 11.3 Å². The molecule has 4 heterocycles. The summed E-state index contributed by atoms with van der Waals surface area (Å²) in [6.07, 6.45) is 2.18. The first-order chi connectivity index (χ1) is 16.9. The molecule has 8 nitrogen and oxygen atoms in total. The molecule has 0 N–H and O–H groups in total. The summed E-state index contributed by atoms with van der Waals surface area (Å²) in [6, 6.07) is 13.2. The van der Waals surface area contributed by atoms with Crippen LogP contribution in [0.4, 0.5) is 5.82 Å². The molecule has 35 heavy (non-hydrogen) atoms. The number of nitrogens with zero attached hydrogens (tertiary/aromatic N) is 7. The van der Waals surface area contributed by atoms with E-state index in [1.54, 1.807) is 29.0 Å². The van der Waals surface area contributed by atoms with Gasteiger partial charge in [0.15, 0.2) is 0 Å². The topological polar surface area (TPSA) is 82.5 Å². The quantitative estimate of drug-likeness (QED) is 0.405. The molecule has 0 saturated carbocycles. The van der Waals surface area contributed by atoms with Crippen molar-refractivity contribution in [2.75, 3.05) is 18.0 Å². The van der Waals surface area contributed by atoms with Crippen molar-refractivity contribution in [3.8, 4) is 6.07 Å². The normalized spacial score (nSPS) is 19.9. The van der Waals surface area contributed by atoms with Crippen molar-refractivity contribution in [1.82, 2.24) is 24.1 Å². The molecule has 182 valence electrons. The van der Waals surface area contributed by atoms with Crippen LogP contribution < -0.4 is 10.5 Å². The number of aromatic nitrogens is 4. The van der Waals surface area contributed by atoms with Crippen LogP contribution in [-0.4, -0.2) is 49.2 Å². The average molecular weight is 490 g/mol. The van der Waals surface area contributed by atoms with E-state index in [0.717, 1.165) is 37.3 Å². The highest BCUT2D eigenvalue weighted by Crippen LogP contribution is 2.33. The third kappa shape index (κ3) is 4.11. The minimum Gasteiger partial charge on any atom is -0.351 e. The van der Waals surface area contributed by atoms with Crippen molar-refractivity contribution < 1.29 is 0 Å². The number of benzene rings is 1. The Balaban J connectivity index is 1.51. The molecule has 0 bridgehead atoms. The molecule has 0 radical (unpaired) electrons. The van der Waals surface area contributed by atoms with Gasteiger partial charge in [0.05, 0.1) is 33.9 Å². The molecule has 1 saturated heterocycles. The molecule has 0 unspecified atom stereocenters. The number of piperazine rings is 1. The Morgan fingerprint density at radius 3 is 2.71 bits per heavy atom.